The Morgan fingerprint density at radius 3 is 2.80 bits per heavy atom. The summed E-state index contributed by atoms with van der Waals surface area (Å²) in [6.07, 6.45) is 0. The maximum Gasteiger partial charge on any atom is 0.164 e. The molecule has 0 atom stereocenters. The predicted molar refractivity (Wildman–Crippen MR) is 80.4 cm³/mol. The maximum atomic E-state index is 14.1. The molecule has 2 rings (SSSR count). The van der Waals surface area contributed by atoms with Crippen LogP contribution in [0, 0.1) is 5.82 Å². The number of hydrogen-bond donors (Lipinski definition) is 1. The average Bonchev–Trinajstić information content (AvgIpc) is 2.44. The van der Waals surface area contributed by atoms with Gasteiger partial charge in [-0.3, -0.25) is 0 Å². The van der Waals surface area contributed by atoms with Gasteiger partial charge in [0, 0.05) is 14.2 Å². The zero-order chi connectivity index (χ0) is 14.7. The van der Waals surface area contributed by atoms with E-state index < -0.39 is 5.82 Å². The lowest BCUT2D eigenvalue weighted by molar-refractivity contribution is 0.181. The monoisotopic (exact) mass is 359 g/mol. The van der Waals surface area contributed by atoms with E-state index in [0.717, 1.165) is 0 Å². The molecule has 4 nitrogen and oxygen atoms in total. The lowest BCUT2D eigenvalue weighted by Gasteiger charge is -2.11. The van der Waals surface area contributed by atoms with Crippen LogP contribution in [0.15, 0.2) is 22.7 Å². The molecule has 1 N–H and O–H groups in total. The summed E-state index contributed by atoms with van der Waals surface area (Å²) >= 11 is 9.18. The Balaban J connectivity index is 2.62. The Hall–Kier alpha value is -1.24. The Labute approximate surface area is 129 Å². The van der Waals surface area contributed by atoms with Crippen LogP contribution in [-0.2, 0) is 11.3 Å². The molecule has 0 aliphatic carbocycles. The first-order valence-electron chi connectivity index (χ1n) is 5.76. The minimum Gasteiger partial charge on any atom is -0.378 e. The van der Waals surface area contributed by atoms with Crippen molar-refractivity contribution >= 4 is 33.3 Å². The maximum absolute atomic E-state index is 14.1. The molecule has 0 radical (unpaired) electrons. The van der Waals surface area contributed by atoms with Crippen LogP contribution in [0.5, 0.6) is 0 Å². The summed E-state index contributed by atoms with van der Waals surface area (Å²) in [6, 6.07) is 4.72. The zero-order valence-electron chi connectivity index (χ0n) is 10.9. The molecule has 0 amide bonds. The molecule has 0 aliphatic heterocycles. The molecule has 2 aromatic rings. The first kappa shape index (κ1) is 15.2. The largest absolute Gasteiger partial charge is 0.378 e. The van der Waals surface area contributed by atoms with Crippen LogP contribution in [0.4, 0.5) is 10.2 Å². The van der Waals surface area contributed by atoms with E-state index in [4.69, 9.17) is 16.3 Å². The van der Waals surface area contributed by atoms with Crippen molar-refractivity contribution in [3.05, 3.63) is 39.2 Å². The first-order chi connectivity index (χ1) is 9.58. The summed E-state index contributed by atoms with van der Waals surface area (Å²) < 4.78 is 19.8. The van der Waals surface area contributed by atoms with E-state index in [2.05, 4.69) is 31.2 Å². The smallest absolute Gasteiger partial charge is 0.164 e. The van der Waals surface area contributed by atoms with Gasteiger partial charge in [-0.2, -0.15) is 0 Å². The van der Waals surface area contributed by atoms with Gasteiger partial charge in [0.15, 0.2) is 11.6 Å². The molecule has 0 saturated heterocycles. The Bertz CT molecular complexity index is 639. The third-order valence-electron chi connectivity index (χ3n) is 2.63. The molecule has 1 aromatic heterocycles. The fourth-order valence-electron chi connectivity index (χ4n) is 1.69. The summed E-state index contributed by atoms with van der Waals surface area (Å²) in [6.45, 7) is 0.285. The third-order valence-corrected chi connectivity index (χ3v) is 3.76. The van der Waals surface area contributed by atoms with Crippen LogP contribution in [-0.4, -0.2) is 24.1 Å². The molecular weight excluding hydrogens is 349 g/mol. The highest BCUT2D eigenvalue weighted by Gasteiger charge is 2.16. The highest BCUT2D eigenvalue weighted by Crippen LogP contribution is 2.30. The van der Waals surface area contributed by atoms with Crippen molar-refractivity contribution in [3.63, 3.8) is 0 Å². The van der Waals surface area contributed by atoms with Crippen LogP contribution in [0.25, 0.3) is 11.4 Å². The Kier molecular flexibility index (Phi) is 4.91. The average molecular weight is 361 g/mol. The van der Waals surface area contributed by atoms with Crippen molar-refractivity contribution in [1.82, 2.24) is 9.97 Å². The normalized spacial score (nSPS) is 10.7. The van der Waals surface area contributed by atoms with Gasteiger partial charge in [-0.1, -0.05) is 17.7 Å². The van der Waals surface area contributed by atoms with Gasteiger partial charge in [-0.15, -0.1) is 0 Å². The Morgan fingerprint density at radius 2 is 2.15 bits per heavy atom. The van der Waals surface area contributed by atoms with E-state index in [1.54, 1.807) is 26.3 Å². The van der Waals surface area contributed by atoms with E-state index in [9.17, 15) is 4.39 Å². The van der Waals surface area contributed by atoms with Gasteiger partial charge in [0.05, 0.1) is 27.4 Å². The summed E-state index contributed by atoms with van der Waals surface area (Å²) in [7, 11) is 3.29. The number of aromatic nitrogens is 2. The van der Waals surface area contributed by atoms with E-state index in [-0.39, 0.29) is 23.0 Å². The molecule has 0 spiro atoms. The quantitative estimate of drug-likeness (QED) is 0.898. The van der Waals surface area contributed by atoms with Crippen LogP contribution < -0.4 is 5.32 Å². The molecular formula is C13H12BrClFN3O. The number of rotatable bonds is 4. The van der Waals surface area contributed by atoms with Gasteiger partial charge in [0.25, 0.3) is 0 Å². The van der Waals surface area contributed by atoms with Crippen molar-refractivity contribution in [2.45, 2.75) is 6.61 Å². The van der Waals surface area contributed by atoms with E-state index >= 15 is 0 Å². The molecule has 7 heteroatoms. The topological polar surface area (TPSA) is 47.0 Å². The van der Waals surface area contributed by atoms with E-state index in [0.29, 0.717) is 16.0 Å². The number of nitrogens with one attached hydrogen (secondary N) is 1. The summed E-state index contributed by atoms with van der Waals surface area (Å²) in [5.41, 5.74) is 0.875. The second-order valence-corrected chi connectivity index (χ2v) is 5.14. The van der Waals surface area contributed by atoms with Gasteiger partial charge in [-0.25, -0.2) is 14.4 Å². The van der Waals surface area contributed by atoms with Crippen molar-refractivity contribution in [1.29, 1.82) is 0 Å². The number of nitrogens with zero attached hydrogens (tertiary/aromatic N) is 2. The fourth-order valence-corrected chi connectivity index (χ4v) is 2.35. The van der Waals surface area contributed by atoms with Crippen molar-refractivity contribution in [2.75, 3.05) is 19.5 Å². The highest BCUT2D eigenvalue weighted by atomic mass is 79.9. The third kappa shape index (κ3) is 2.92. The molecule has 0 saturated carbocycles. The lowest BCUT2D eigenvalue weighted by Crippen LogP contribution is -2.05. The lowest BCUT2D eigenvalue weighted by atomic mass is 10.2. The van der Waals surface area contributed by atoms with E-state index in [1.165, 1.54) is 6.07 Å². The van der Waals surface area contributed by atoms with Crippen molar-refractivity contribution in [2.24, 2.45) is 0 Å². The van der Waals surface area contributed by atoms with E-state index in [1.807, 2.05) is 0 Å². The standard InChI is InChI=1S/C13H12BrClFN3O/c1-17-13-10(14)9(6-20-2)18-12(19-13)7-4-3-5-8(15)11(7)16/h3-5H,6H2,1-2H3,(H,17,18,19). The van der Waals surface area contributed by atoms with Gasteiger partial charge >= 0.3 is 0 Å². The van der Waals surface area contributed by atoms with Crippen LogP contribution in [0.1, 0.15) is 5.69 Å². The van der Waals surface area contributed by atoms with Crippen LogP contribution in [0.2, 0.25) is 5.02 Å². The number of hydrogen-bond acceptors (Lipinski definition) is 4. The fraction of sp³-hybridized carbons (Fsp3) is 0.231. The molecule has 1 heterocycles. The number of benzene rings is 1. The summed E-state index contributed by atoms with van der Waals surface area (Å²) in [4.78, 5) is 8.60. The molecule has 0 bridgehead atoms. The SMILES string of the molecule is CNc1nc(-c2cccc(Cl)c2F)nc(COC)c1Br. The second kappa shape index (κ2) is 6.47. The molecule has 20 heavy (non-hydrogen) atoms. The number of methoxy groups -OCH3 is 1. The van der Waals surface area contributed by atoms with Crippen LogP contribution >= 0.6 is 27.5 Å². The predicted octanol–water partition coefficient (Wildman–Crippen LogP) is 3.89. The first-order valence-corrected chi connectivity index (χ1v) is 6.93. The minimum atomic E-state index is -0.540. The molecule has 106 valence electrons. The zero-order valence-corrected chi connectivity index (χ0v) is 13.2. The van der Waals surface area contributed by atoms with Crippen LogP contribution in [0.3, 0.4) is 0 Å². The highest BCUT2D eigenvalue weighted by molar-refractivity contribution is 9.10. The van der Waals surface area contributed by atoms with Crippen molar-refractivity contribution < 1.29 is 9.13 Å². The molecule has 1 aromatic carbocycles. The Morgan fingerprint density at radius 1 is 1.40 bits per heavy atom. The van der Waals surface area contributed by atoms with Gasteiger partial charge in [0.2, 0.25) is 0 Å². The van der Waals surface area contributed by atoms with Gasteiger partial charge < -0.3 is 10.1 Å². The summed E-state index contributed by atoms with van der Waals surface area (Å²) in [5.74, 6) is 0.271. The van der Waals surface area contributed by atoms with Gasteiger partial charge in [0.1, 0.15) is 5.82 Å². The summed E-state index contributed by atoms with van der Waals surface area (Å²) in [5, 5.41) is 2.96. The minimum absolute atomic E-state index is 0.0355. The van der Waals surface area contributed by atoms with Crippen molar-refractivity contribution in [3.8, 4) is 11.4 Å². The number of ether oxygens (including phenoxy) is 1. The van der Waals surface area contributed by atoms with Gasteiger partial charge in [-0.05, 0) is 28.1 Å². The molecule has 0 unspecified atom stereocenters. The number of anilines is 1. The number of halogens is 3. The molecule has 0 aliphatic rings. The molecule has 0 fully saturated rings. The second-order valence-electron chi connectivity index (χ2n) is 3.94.